The zero-order chi connectivity index (χ0) is 14.2. The molecule has 2 N–H and O–H groups in total. The molecule has 0 saturated carbocycles. The van der Waals surface area contributed by atoms with Crippen LogP contribution in [-0.2, 0) is 11.2 Å². The van der Waals surface area contributed by atoms with E-state index in [0.717, 1.165) is 12.1 Å². The maximum absolute atomic E-state index is 12.1. The highest BCUT2D eigenvalue weighted by molar-refractivity contribution is 6.00. The van der Waals surface area contributed by atoms with Crippen LogP contribution in [0, 0.1) is 10.1 Å². The molecule has 0 aromatic heterocycles. The second kappa shape index (κ2) is 4.41. The molecule has 9 heteroatoms. The van der Waals surface area contributed by atoms with Gasteiger partial charge in [-0.15, -0.1) is 0 Å². The van der Waals surface area contributed by atoms with Gasteiger partial charge in [0.05, 0.1) is 11.3 Å². The number of nitro groups is 1. The van der Waals surface area contributed by atoms with E-state index >= 15 is 0 Å². The Morgan fingerprint density at radius 1 is 1.42 bits per heavy atom. The van der Waals surface area contributed by atoms with Crippen molar-refractivity contribution in [1.82, 2.24) is 0 Å². The number of hydrogen-bond donors (Lipinski definition) is 2. The highest BCUT2D eigenvalue weighted by Crippen LogP contribution is 2.35. The van der Waals surface area contributed by atoms with Crippen LogP contribution in [0.5, 0.6) is 0 Å². The Morgan fingerprint density at radius 3 is 2.68 bits per heavy atom. The van der Waals surface area contributed by atoms with Crippen molar-refractivity contribution >= 4 is 23.0 Å². The molecule has 6 nitrogen and oxygen atoms in total. The van der Waals surface area contributed by atoms with Gasteiger partial charge in [0.1, 0.15) is 12.2 Å². The van der Waals surface area contributed by atoms with E-state index in [1.807, 2.05) is 5.32 Å². The topological polar surface area (TPSA) is 84.3 Å². The van der Waals surface area contributed by atoms with Crippen molar-refractivity contribution in [2.75, 3.05) is 17.2 Å². The first-order valence-electron chi connectivity index (χ1n) is 5.18. The quantitative estimate of drug-likeness (QED) is 0.653. The van der Waals surface area contributed by atoms with Crippen molar-refractivity contribution < 1.29 is 22.9 Å². The lowest BCUT2D eigenvalue weighted by Crippen LogP contribution is -2.21. The molecule has 1 amide bonds. The molecule has 0 aliphatic carbocycles. The normalized spacial score (nSPS) is 13.9. The van der Waals surface area contributed by atoms with E-state index in [0.29, 0.717) is 11.3 Å². The fourth-order valence-electron chi connectivity index (χ4n) is 1.75. The number of halogens is 3. The Balaban J connectivity index is 2.34. The molecule has 1 heterocycles. The summed E-state index contributed by atoms with van der Waals surface area (Å²) in [6, 6.07) is 2.25. The molecular weight excluding hydrogens is 267 g/mol. The molecule has 0 atom stereocenters. The van der Waals surface area contributed by atoms with Crippen molar-refractivity contribution in [3.63, 3.8) is 0 Å². The van der Waals surface area contributed by atoms with Crippen LogP contribution in [0.3, 0.4) is 0 Å². The molecule has 102 valence electrons. The molecule has 1 aromatic carbocycles. The monoisotopic (exact) mass is 275 g/mol. The number of carbonyl (C=O) groups is 1. The van der Waals surface area contributed by atoms with Gasteiger partial charge in [-0.2, -0.15) is 13.2 Å². The highest BCUT2D eigenvalue weighted by Gasteiger charge is 2.30. The average Bonchev–Trinajstić information content (AvgIpc) is 2.62. The fraction of sp³-hybridized carbons (Fsp3) is 0.300. The Morgan fingerprint density at radius 2 is 2.11 bits per heavy atom. The third-order valence-corrected chi connectivity index (χ3v) is 2.52. The van der Waals surface area contributed by atoms with Gasteiger partial charge in [-0.05, 0) is 11.6 Å². The third-order valence-electron chi connectivity index (χ3n) is 2.52. The summed E-state index contributed by atoms with van der Waals surface area (Å²) in [6.45, 7) is -1.39. The first-order valence-corrected chi connectivity index (χ1v) is 5.18. The second-order valence-electron chi connectivity index (χ2n) is 3.98. The van der Waals surface area contributed by atoms with Gasteiger partial charge in [0.15, 0.2) is 0 Å². The molecule has 0 saturated heterocycles. The Bertz CT molecular complexity index is 557. The Hall–Kier alpha value is -2.32. The van der Waals surface area contributed by atoms with E-state index in [4.69, 9.17) is 0 Å². The number of benzene rings is 1. The smallest absolute Gasteiger partial charge is 0.371 e. The first-order chi connectivity index (χ1) is 8.76. The van der Waals surface area contributed by atoms with Crippen LogP contribution in [0.1, 0.15) is 5.56 Å². The molecule has 2 rings (SSSR count). The van der Waals surface area contributed by atoms with Gasteiger partial charge in [0.25, 0.3) is 5.69 Å². The molecule has 0 unspecified atom stereocenters. The largest absolute Gasteiger partial charge is 0.405 e. The molecule has 1 aliphatic rings. The van der Waals surface area contributed by atoms with Crippen LogP contribution in [0.4, 0.5) is 30.2 Å². The minimum absolute atomic E-state index is 0.0181. The average molecular weight is 275 g/mol. The number of alkyl halides is 3. The zero-order valence-electron chi connectivity index (χ0n) is 9.37. The van der Waals surface area contributed by atoms with E-state index in [9.17, 15) is 28.1 Å². The van der Waals surface area contributed by atoms with Crippen LogP contribution in [0.2, 0.25) is 0 Å². The van der Waals surface area contributed by atoms with Crippen LogP contribution in [-0.4, -0.2) is 23.6 Å². The third kappa shape index (κ3) is 2.92. The molecule has 1 aliphatic heterocycles. The SMILES string of the molecule is O=C1Cc2cc([N+](=O)[O-])c(NCC(F)(F)F)cc2N1. The Labute approximate surface area is 104 Å². The number of nitro benzene ring substituents is 1. The van der Waals surface area contributed by atoms with Crippen LogP contribution in [0.15, 0.2) is 12.1 Å². The Kier molecular flexibility index (Phi) is 3.05. The molecule has 1 aromatic rings. The summed E-state index contributed by atoms with van der Waals surface area (Å²) >= 11 is 0. The van der Waals surface area contributed by atoms with Crippen LogP contribution >= 0.6 is 0 Å². The molecule has 0 radical (unpaired) electrons. The summed E-state index contributed by atoms with van der Waals surface area (Å²) in [5.74, 6) is -0.350. The predicted octanol–water partition coefficient (Wildman–Crippen LogP) is 2.06. The minimum atomic E-state index is -4.49. The van der Waals surface area contributed by atoms with E-state index in [2.05, 4.69) is 5.32 Å². The first kappa shape index (κ1) is 13.1. The van der Waals surface area contributed by atoms with Crippen molar-refractivity contribution in [2.45, 2.75) is 12.6 Å². The van der Waals surface area contributed by atoms with Crippen molar-refractivity contribution in [3.05, 3.63) is 27.8 Å². The number of amides is 1. The lowest BCUT2D eigenvalue weighted by atomic mass is 10.1. The second-order valence-corrected chi connectivity index (χ2v) is 3.98. The van der Waals surface area contributed by atoms with Gasteiger partial charge < -0.3 is 10.6 Å². The van der Waals surface area contributed by atoms with Gasteiger partial charge in [0, 0.05) is 11.8 Å². The highest BCUT2D eigenvalue weighted by atomic mass is 19.4. The molecule has 0 spiro atoms. The number of hydrogen-bond acceptors (Lipinski definition) is 4. The molecule has 19 heavy (non-hydrogen) atoms. The van der Waals surface area contributed by atoms with Crippen molar-refractivity contribution in [1.29, 1.82) is 0 Å². The number of fused-ring (bicyclic) bond motifs is 1. The van der Waals surface area contributed by atoms with E-state index in [1.165, 1.54) is 0 Å². The van der Waals surface area contributed by atoms with E-state index in [-0.39, 0.29) is 18.0 Å². The standard InChI is InChI=1S/C10H8F3N3O3/c11-10(12,13)4-14-7-3-6-5(2-9(17)15-6)1-8(7)16(18)19/h1,3,14H,2,4H2,(H,15,17). The maximum Gasteiger partial charge on any atom is 0.405 e. The molecular formula is C10H8F3N3O3. The molecule has 0 bridgehead atoms. The van der Waals surface area contributed by atoms with Gasteiger partial charge in [-0.25, -0.2) is 0 Å². The summed E-state index contributed by atoms with van der Waals surface area (Å²) in [7, 11) is 0. The van der Waals surface area contributed by atoms with E-state index < -0.39 is 23.3 Å². The van der Waals surface area contributed by atoms with Gasteiger partial charge in [0.2, 0.25) is 5.91 Å². The lowest BCUT2D eigenvalue weighted by Gasteiger charge is -2.11. The summed E-state index contributed by atoms with van der Waals surface area (Å²) < 4.78 is 36.3. The summed E-state index contributed by atoms with van der Waals surface area (Å²) in [4.78, 5) is 21.1. The van der Waals surface area contributed by atoms with Crippen LogP contribution < -0.4 is 10.6 Å². The lowest BCUT2D eigenvalue weighted by molar-refractivity contribution is -0.384. The number of nitrogens with zero attached hydrogens (tertiary/aromatic N) is 1. The summed E-state index contributed by atoms with van der Waals surface area (Å²) in [6.07, 6.45) is -4.51. The summed E-state index contributed by atoms with van der Waals surface area (Å²) in [5.41, 5.74) is -0.0719. The fourth-order valence-corrected chi connectivity index (χ4v) is 1.75. The number of rotatable bonds is 3. The van der Waals surface area contributed by atoms with Gasteiger partial charge in [-0.3, -0.25) is 14.9 Å². The zero-order valence-corrected chi connectivity index (χ0v) is 9.37. The van der Waals surface area contributed by atoms with Gasteiger partial charge in [-0.1, -0.05) is 0 Å². The summed E-state index contributed by atoms with van der Waals surface area (Å²) in [5, 5.41) is 15.2. The number of nitrogens with one attached hydrogen (secondary N) is 2. The van der Waals surface area contributed by atoms with E-state index in [1.54, 1.807) is 0 Å². The predicted molar refractivity (Wildman–Crippen MR) is 60.0 cm³/mol. The number of anilines is 2. The molecule has 0 fully saturated rings. The minimum Gasteiger partial charge on any atom is -0.371 e. The number of carbonyl (C=O) groups excluding carboxylic acids is 1. The van der Waals surface area contributed by atoms with Gasteiger partial charge >= 0.3 is 6.18 Å². The van der Waals surface area contributed by atoms with Crippen molar-refractivity contribution in [2.24, 2.45) is 0 Å². The van der Waals surface area contributed by atoms with Crippen LogP contribution in [0.25, 0.3) is 0 Å². The van der Waals surface area contributed by atoms with Crippen molar-refractivity contribution in [3.8, 4) is 0 Å². The maximum atomic E-state index is 12.1.